The SMILES string of the molecule is CCCCCCCCCCC(S)(S)S. The molecule has 0 aliphatic heterocycles. The van der Waals surface area contributed by atoms with Crippen molar-refractivity contribution < 1.29 is 0 Å². The fraction of sp³-hybridized carbons (Fsp3) is 1.00. The molecule has 0 radical (unpaired) electrons. The molecule has 0 N–H and O–H groups in total. The predicted octanol–water partition coefficient (Wildman–Crippen LogP) is 4.96. The van der Waals surface area contributed by atoms with Gasteiger partial charge in [-0.2, -0.15) is 37.9 Å². The van der Waals surface area contributed by atoms with Crippen molar-refractivity contribution in [2.75, 3.05) is 0 Å². The normalized spacial score (nSPS) is 12.0. The van der Waals surface area contributed by atoms with E-state index in [1.807, 2.05) is 0 Å². The maximum atomic E-state index is 4.25. The van der Waals surface area contributed by atoms with Crippen LogP contribution in [-0.4, -0.2) is 3.41 Å². The van der Waals surface area contributed by atoms with Gasteiger partial charge in [0.05, 0.1) is 3.41 Å². The minimum atomic E-state index is -0.373. The van der Waals surface area contributed by atoms with Crippen LogP contribution >= 0.6 is 37.9 Å². The highest BCUT2D eigenvalue weighted by Crippen LogP contribution is 2.30. The molecular formula is C11H24S3. The maximum absolute atomic E-state index is 4.25. The van der Waals surface area contributed by atoms with Gasteiger partial charge in [0.2, 0.25) is 0 Å². The maximum Gasteiger partial charge on any atom is 0.0980 e. The summed E-state index contributed by atoms with van der Waals surface area (Å²) < 4.78 is -0.373. The molecule has 86 valence electrons. The largest absolute Gasteiger partial charge is 0.151 e. The summed E-state index contributed by atoms with van der Waals surface area (Å²) in [4.78, 5) is 0. The fourth-order valence-corrected chi connectivity index (χ4v) is 1.97. The summed E-state index contributed by atoms with van der Waals surface area (Å²) in [6.45, 7) is 2.26. The lowest BCUT2D eigenvalue weighted by Crippen LogP contribution is -2.01. The Bertz CT molecular complexity index is 118. The Morgan fingerprint density at radius 3 is 1.57 bits per heavy atom. The van der Waals surface area contributed by atoms with Crippen molar-refractivity contribution >= 4 is 37.9 Å². The minimum Gasteiger partial charge on any atom is -0.151 e. The molecule has 0 atom stereocenters. The van der Waals surface area contributed by atoms with Crippen LogP contribution in [0.15, 0.2) is 0 Å². The Hall–Kier alpha value is 1.05. The van der Waals surface area contributed by atoms with Crippen LogP contribution < -0.4 is 0 Å². The molecule has 0 aromatic carbocycles. The molecule has 0 amide bonds. The molecule has 0 nitrogen and oxygen atoms in total. The van der Waals surface area contributed by atoms with Crippen LogP contribution in [0.1, 0.15) is 64.7 Å². The van der Waals surface area contributed by atoms with E-state index in [9.17, 15) is 0 Å². The topological polar surface area (TPSA) is 0 Å². The first-order chi connectivity index (χ1) is 6.56. The van der Waals surface area contributed by atoms with Gasteiger partial charge in [-0.1, -0.05) is 58.3 Å². The minimum absolute atomic E-state index is 0.373. The molecule has 0 rings (SSSR count). The molecule has 0 aliphatic carbocycles. The van der Waals surface area contributed by atoms with Crippen LogP contribution in [0.4, 0.5) is 0 Å². The number of unbranched alkanes of at least 4 members (excludes halogenated alkanes) is 7. The Morgan fingerprint density at radius 1 is 0.714 bits per heavy atom. The number of thiol groups is 3. The molecule has 0 saturated carbocycles. The predicted molar refractivity (Wildman–Crippen MR) is 76.9 cm³/mol. The van der Waals surface area contributed by atoms with E-state index in [0.29, 0.717) is 0 Å². The van der Waals surface area contributed by atoms with E-state index in [1.165, 1.54) is 51.4 Å². The lowest BCUT2D eigenvalue weighted by atomic mass is 10.1. The van der Waals surface area contributed by atoms with Crippen molar-refractivity contribution in [1.82, 2.24) is 0 Å². The summed E-state index contributed by atoms with van der Waals surface area (Å²) in [6, 6.07) is 0. The van der Waals surface area contributed by atoms with E-state index >= 15 is 0 Å². The molecule has 14 heavy (non-hydrogen) atoms. The Morgan fingerprint density at radius 2 is 1.14 bits per heavy atom. The molecule has 0 aliphatic rings. The smallest absolute Gasteiger partial charge is 0.0980 e. The highest BCUT2D eigenvalue weighted by Gasteiger charge is 2.11. The van der Waals surface area contributed by atoms with Crippen molar-refractivity contribution in [2.45, 2.75) is 68.1 Å². The lowest BCUT2D eigenvalue weighted by Gasteiger charge is -2.14. The summed E-state index contributed by atoms with van der Waals surface area (Å²) in [6.07, 6.45) is 11.8. The molecule has 0 fully saturated rings. The summed E-state index contributed by atoms with van der Waals surface area (Å²) in [5, 5.41) is 0. The van der Waals surface area contributed by atoms with Crippen molar-refractivity contribution in [3.05, 3.63) is 0 Å². The standard InChI is InChI=1S/C11H24S3/c1-2-3-4-5-6-7-8-9-10-11(12,13)14/h12-14H,2-10H2,1H3. The van der Waals surface area contributed by atoms with Crippen molar-refractivity contribution in [2.24, 2.45) is 0 Å². The van der Waals surface area contributed by atoms with Gasteiger partial charge in [-0.25, -0.2) is 0 Å². The third-order valence-electron chi connectivity index (χ3n) is 2.37. The zero-order chi connectivity index (χ0) is 10.9. The van der Waals surface area contributed by atoms with E-state index in [4.69, 9.17) is 0 Å². The third kappa shape index (κ3) is 13.1. The highest BCUT2D eigenvalue weighted by atomic mass is 32.2. The zero-order valence-electron chi connectivity index (χ0n) is 9.21. The van der Waals surface area contributed by atoms with E-state index in [0.717, 1.165) is 6.42 Å². The van der Waals surface area contributed by atoms with Gasteiger partial charge < -0.3 is 0 Å². The molecule has 0 unspecified atom stereocenters. The number of rotatable bonds is 9. The van der Waals surface area contributed by atoms with E-state index < -0.39 is 0 Å². The van der Waals surface area contributed by atoms with Crippen molar-refractivity contribution in [3.8, 4) is 0 Å². The zero-order valence-corrected chi connectivity index (χ0v) is 11.9. The van der Waals surface area contributed by atoms with Gasteiger partial charge in [0.1, 0.15) is 0 Å². The fourth-order valence-electron chi connectivity index (χ4n) is 1.50. The van der Waals surface area contributed by atoms with Crippen molar-refractivity contribution in [1.29, 1.82) is 0 Å². The molecule has 0 saturated heterocycles. The average molecular weight is 253 g/mol. The van der Waals surface area contributed by atoms with Gasteiger partial charge in [-0.3, -0.25) is 0 Å². The van der Waals surface area contributed by atoms with Gasteiger partial charge >= 0.3 is 0 Å². The molecule has 0 heterocycles. The first-order valence-electron chi connectivity index (χ1n) is 5.73. The van der Waals surface area contributed by atoms with E-state index in [-0.39, 0.29) is 3.41 Å². The first-order valence-corrected chi connectivity index (χ1v) is 7.07. The van der Waals surface area contributed by atoms with Crippen LogP contribution in [0.2, 0.25) is 0 Å². The summed E-state index contributed by atoms with van der Waals surface area (Å²) in [5.74, 6) is 0. The second-order valence-corrected chi connectivity index (χ2v) is 7.35. The van der Waals surface area contributed by atoms with E-state index in [2.05, 4.69) is 44.8 Å². The van der Waals surface area contributed by atoms with Crippen LogP contribution in [0.5, 0.6) is 0 Å². The molecule has 0 aromatic heterocycles. The van der Waals surface area contributed by atoms with Gasteiger partial charge in [-0.15, -0.1) is 0 Å². The Labute approximate surface area is 106 Å². The van der Waals surface area contributed by atoms with Gasteiger partial charge in [-0.05, 0) is 6.42 Å². The quantitative estimate of drug-likeness (QED) is 0.288. The molecular weight excluding hydrogens is 228 g/mol. The van der Waals surface area contributed by atoms with Crippen LogP contribution in [0.25, 0.3) is 0 Å². The summed E-state index contributed by atoms with van der Waals surface area (Å²) in [5.41, 5.74) is 0. The number of hydrogen-bond donors (Lipinski definition) is 3. The van der Waals surface area contributed by atoms with Gasteiger partial charge in [0, 0.05) is 0 Å². The van der Waals surface area contributed by atoms with Crippen molar-refractivity contribution in [3.63, 3.8) is 0 Å². The molecule has 0 bridgehead atoms. The highest BCUT2D eigenvalue weighted by molar-refractivity contribution is 8.16. The van der Waals surface area contributed by atoms with Crippen LogP contribution in [0, 0.1) is 0 Å². The second kappa shape index (κ2) is 9.29. The number of hydrogen-bond acceptors (Lipinski definition) is 3. The Balaban J connectivity index is 2.99. The monoisotopic (exact) mass is 252 g/mol. The van der Waals surface area contributed by atoms with Gasteiger partial charge in [0.25, 0.3) is 0 Å². The van der Waals surface area contributed by atoms with Gasteiger partial charge in [0.15, 0.2) is 0 Å². The molecule has 0 spiro atoms. The first kappa shape index (κ1) is 15.0. The van der Waals surface area contributed by atoms with Crippen LogP contribution in [-0.2, 0) is 0 Å². The average Bonchev–Trinajstić information content (AvgIpc) is 2.08. The summed E-state index contributed by atoms with van der Waals surface area (Å²) >= 11 is 12.8. The third-order valence-corrected chi connectivity index (χ3v) is 3.04. The molecule has 3 heteroatoms. The lowest BCUT2D eigenvalue weighted by molar-refractivity contribution is 0.569. The Kier molecular flexibility index (Phi) is 9.99. The molecule has 0 aromatic rings. The second-order valence-electron chi connectivity index (χ2n) is 4.00. The summed E-state index contributed by atoms with van der Waals surface area (Å²) in [7, 11) is 0. The van der Waals surface area contributed by atoms with Crippen LogP contribution in [0.3, 0.4) is 0 Å². The van der Waals surface area contributed by atoms with E-state index in [1.54, 1.807) is 0 Å².